The van der Waals surface area contributed by atoms with Crippen LogP contribution in [-0.4, -0.2) is 17.9 Å². The summed E-state index contributed by atoms with van der Waals surface area (Å²) < 4.78 is 45.0. The van der Waals surface area contributed by atoms with Crippen molar-refractivity contribution in [2.45, 2.75) is 44.9 Å². The molecular formula is C31H26ClF3N2O3. The number of anilines is 2. The molecule has 3 aromatic carbocycles. The highest BCUT2D eigenvalue weighted by atomic mass is 35.5. The van der Waals surface area contributed by atoms with Gasteiger partial charge in [0, 0.05) is 29.4 Å². The van der Waals surface area contributed by atoms with Crippen LogP contribution in [0.1, 0.15) is 54.4 Å². The van der Waals surface area contributed by atoms with Gasteiger partial charge in [0.05, 0.1) is 16.6 Å². The summed E-state index contributed by atoms with van der Waals surface area (Å²) in [5.74, 6) is -0.222. The average Bonchev–Trinajstić information content (AvgIpc) is 3.43. The molecule has 4 aromatic rings. The Morgan fingerprint density at radius 1 is 1.00 bits per heavy atom. The Morgan fingerprint density at radius 2 is 1.70 bits per heavy atom. The molecule has 1 aliphatic heterocycles. The number of carbonyl (C=O) groups is 2. The second-order valence-electron chi connectivity index (χ2n) is 9.64. The van der Waals surface area contributed by atoms with Gasteiger partial charge in [0.1, 0.15) is 5.76 Å². The van der Waals surface area contributed by atoms with Crippen LogP contribution < -0.4 is 9.80 Å². The quantitative estimate of drug-likeness (QED) is 0.243. The topological polar surface area (TPSA) is 53.8 Å². The Hall–Kier alpha value is -4.04. The SMILES string of the molecule is CCC(=O)N(c1ccccc1)[C@@H]1C[C@H](C)N(C(=O)c2ccc(-c3ccc(C(F)(F)F)cc3Cl)o2)c2ccccc21. The van der Waals surface area contributed by atoms with Crippen molar-refractivity contribution in [3.63, 3.8) is 0 Å². The summed E-state index contributed by atoms with van der Waals surface area (Å²) in [6, 6.07) is 22.3. The van der Waals surface area contributed by atoms with Crippen LogP contribution in [0.2, 0.25) is 5.02 Å². The molecule has 0 saturated carbocycles. The highest BCUT2D eigenvalue weighted by molar-refractivity contribution is 6.33. The second kappa shape index (κ2) is 10.8. The van der Waals surface area contributed by atoms with E-state index < -0.39 is 17.6 Å². The van der Waals surface area contributed by atoms with Crippen molar-refractivity contribution < 1.29 is 27.2 Å². The zero-order valence-corrected chi connectivity index (χ0v) is 22.5. The number of benzene rings is 3. The fourth-order valence-corrected chi connectivity index (χ4v) is 5.47. The number of hydrogen-bond acceptors (Lipinski definition) is 3. The molecule has 2 heterocycles. The standard InChI is InChI=1S/C31H26ClF3N2O3/c1-3-29(38)37(21-9-5-4-6-10-21)26-17-19(2)36(25-12-8-7-11-23(25)26)30(39)28-16-15-27(40-28)22-14-13-20(18-24(22)32)31(33,34)35/h4-16,18-19,26H,3,17H2,1-2H3/t19-,26+/m0/s1. The Kier molecular flexibility index (Phi) is 7.47. The van der Waals surface area contributed by atoms with Gasteiger partial charge in [-0.25, -0.2) is 0 Å². The van der Waals surface area contributed by atoms with Crippen molar-refractivity contribution >= 4 is 34.8 Å². The van der Waals surface area contributed by atoms with Crippen molar-refractivity contribution in [2.75, 3.05) is 9.80 Å². The molecule has 0 unspecified atom stereocenters. The lowest BCUT2D eigenvalue weighted by Gasteiger charge is -2.43. The first-order valence-corrected chi connectivity index (χ1v) is 13.2. The van der Waals surface area contributed by atoms with E-state index >= 15 is 0 Å². The fraction of sp³-hybridized carbons (Fsp3) is 0.226. The Bertz CT molecular complexity index is 1550. The Morgan fingerprint density at radius 3 is 2.38 bits per heavy atom. The summed E-state index contributed by atoms with van der Waals surface area (Å²) in [6.45, 7) is 3.74. The van der Waals surface area contributed by atoms with Gasteiger partial charge in [-0.05, 0) is 67.4 Å². The first-order valence-electron chi connectivity index (χ1n) is 12.9. The number of rotatable bonds is 5. The molecule has 0 bridgehead atoms. The van der Waals surface area contributed by atoms with E-state index in [1.807, 2.05) is 68.4 Å². The second-order valence-corrected chi connectivity index (χ2v) is 10.1. The molecule has 2 amide bonds. The van der Waals surface area contributed by atoms with Gasteiger partial charge in [0.15, 0.2) is 5.76 Å². The lowest BCUT2D eigenvalue weighted by Crippen LogP contribution is -2.47. The molecule has 1 aromatic heterocycles. The van der Waals surface area contributed by atoms with Gasteiger partial charge in [0.2, 0.25) is 5.91 Å². The molecule has 5 rings (SSSR count). The number of para-hydroxylation sites is 2. The highest BCUT2D eigenvalue weighted by Crippen LogP contribution is 2.43. The molecule has 0 fully saturated rings. The number of alkyl halides is 3. The third kappa shape index (κ3) is 5.11. The number of amides is 2. The lowest BCUT2D eigenvalue weighted by molar-refractivity contribution is -0.137. The maximum absolute atomic E-state index is 13.8. The lowest BCUT2D eigenvalue weighted by atomic mass is 9.89. The van der Waals surface area contributed by atoms with Crippen LogP contribution in [0.25, 0.3) is 11.3 Å². The largest absolute Gasteiger partial charge is 0.451 e. The minimum Gasteiger partial charge on any atom is -0.451 e. The summed E-state index contributed by atoms with van der Waals surface area (Å²) in [5, 5.41) is -0.135. The Labute approximate surface area is 234 Å². The minimum absolute atomic E-state index is 0.0237. The molecule has 0 aliphatic carbocycles. The molecule has 0 radical (unpaired) electrons. The summed E-state index contributed by atoms with van der Waals surface area (Å²) in [6.07, 6.45) is -3.71. The van der Waals surface area contributed by atoms with E-state index in [9.17, 15) is 22.8 Å². The molecular weight excluding hydrogens is 541 g/mol. The number of carbonyl (C=O) groups excluding carboxylic acids is 2. The normalized spacial score (nSPS) is 16.9. The van der Waals surface area contributed by atoms with Gasteiger partial charge in [-0.1, -0.05) is 54.9 Å². The predicted molar refractivity (Wildman–Crippen MR) is 148 cm³/mol. The first kappa shape index (κ1) is 27.5. The van der Waals surface area contributed by atoms with Crippen molar-refractivity contribution in [3.8, 4) is 11.3 Å². The van der Waals surface area contributed by atoms with Gasteiger partial charge in [-0.3, -0.25) is 9.59 Å². The zero-order chi connectivity index (χ0) is 28.6. The van der Waals surface area contributed by atoms with E-state index in [2.05, 4.69) is 0 Å². The van der Waals surface area contributed by atoms with Crippen molar-refractivity contribution in [2.24, 2.45) is 0 Å². The van der Waals surface area contributed by atoms with Gasteiger partial charge in [0.25, 0.3) is 5.91 Å². The third-order valence-corrected chi connectivity index (χ3v) is 7.39. The number of hydrogen-bond donors (Lipinski definition) is 0. The minimum atomic E-state index is -4.53. The molecule has 1 aliphatic rings. The summed E-state index contributed by atoms with van der Waals surface area (Å²) in [7, 11) is 0. The fourth-order valence-electron chi connectivity index (χ4n) is 5.20. The van der Waals surface area contributed by atoms with E-state index in [0.717, 1.165) is 23.4 Å². The third-order valence-electron chi connectivity index (χ3n) is 7.08. The molecule has 0 spiro atoms. The van der Waals surface area contributed by atoms with E-state index in [0.29, 0.717) is 18.5 Å². The van der Waals surface area contributed by atoms with Gasteiger partial charge < -0.3 is 14.2 Å². The van der Waals surface area contributed by atoms with E-state index in [-0.39, 0.29) is 40.1 Å². The molecule has 40 heavy (non-hydrogen) atoms. The summed E-state index contributed by atoms with van der Waals surface area (Å²) in [4.78, 5) is 30.4. The van der Waals surface area contributed by atoms with E-state index in [1.165, 1.54) is 18.2 Å². The summed E-state index contributed by atoms with van der Waals surface area (Å²) in [5.41, 5.74) is 1.65. The van der Waals surface area contributed by atoms with Crippen LogP contribution in [0.3, 0.4) is 0 Å². The van der Waals surface area contributed by atoms with Crippen LogP contribution in [0.5, 0.6) is 0 Å². The number of fused-ring (bicyclic) bond motifs is 1. The monoisotopic (exact) mass is 566 g/mol. The smallest absolute Gasteiger partial charge is 0.416 e. The van der Waals surface area contributed by atoms with Crippen LogP contribution in [0.4, 0.5) is 24.5 Å². The van der Waals surface area contributed by atoms with Gasteiger partial charge in [-0.2, -0.15) is 13.2 Å². The van der Waals surface area contributed by atoms with E-state index in [1.54, 1.807) is 9.80 Å². The van der Waals surface area contributed by atoms with Gasteiger partial charge in [-0.15, -0.1) is 0 Å². The van der Waals surface area contributed by atoms with Gasteiger partial charge >= 0.3 is 6.18 Å². The molecule has 0 N–H and O–H groups in total. The van der Waals surface area contributed by atoms with Crippen LogP contribution >= 0.6 is 11.6 Å². The average molecular weight is 567 g/mol. The van der Waals surface area contributed by atoms with Crippen molar-refractivity contribution in [3.05, 3.63) is 107 Å². The molecule has 5 nitrogen and oxygen atoms in total. The first-order chi connectivity index (χ1) is 19.1. The molecule has 206 valence electrons. The van der Waals surface area contributed by atoms with Crippen LogP contribution in [-0.2, 0) is 11.0 Å². The van der Waals surface area contributed by atoms with Crippen molar-refractivity contribution in [1.29, 1.82) is 0 Å². The summed E-state index contributed by atoms with van der Waals surface area (Å²) >= 11 is 6.14. The molecule has 9 heteroatoms. The maximum Gasteiger partial charge on any atom is 0.416 e. The van der Waals surface area contributed by atoms with Crippen LogP contribution in [0.15, 0.2) is 89.3 Å². The maximum atomic E-state index is 13.8. The number of halogens is 4. The van der Waals surface area contributed by atoms with E-state index in [4.69, 9.17) is 16.0 Å². The predicted octanol–water partition coefficient (Wildman–Crippen LogP) is 8.54. The number of furan rings is 1. The molecule has 2 atom stereocenters. The van der Waals surface area contributed by atoms with Crippen LogP contribution in [0, 0.1) is 0 Å². The Balaban J connectivity index is 1.49. The number of nitrogens with zero attached hydrogens (tertiary/aromatic N) is 2. The molecule has 0 saturated heterocycles. The zero-order valence-electron chi connectivity index (χ0n) is 21.8. The van der Waals surface area contributed by atoms with Crippen molar-refractivity contribution in [1.82, 2.24) is 0 Å². The highest BCUT2D eigenvalue weighted by Gasteiger charge is 2.39.